The first-order valence-electron chi connectivity index (χ1n) is 9.66. The number of pyridine rings is 1. The van der Waals surface area contributed by atoms with Gasteiger partial charge in [-0.2, -0.15) is 13.2 Å². The summed E-state index contributed by atoms with van der Waals surface area (Å²) in [5.41, 5.74) is 0.0211. The smallest absolute Gasteiger partial charge is 0.345 e. The van der Waals surface area contributed by atoms with Crippen LogP contribution in [0.25, 0.3) is 0 Å². The van der Waals surface area contributed by atoms with Crippen molar-refractivity contribution in [1.82, 2.24) is 4.98 Å². The molecule has 1 aliphatic rings. The monoisotopic (exact) mass is 487 g/mol. The second kappa shape index (κ2) is 9.32. The molecule has 0 N–H and O–H groups in total. The van der Waals surface area contributed by atoms with Crippen LogP contribution in [0, 0.1) is 12.7 Å². The second-order valence-electron chi connectivity index (χ2n) is 7.21. The van der Waals surface area contributed by atoms with E-state index in [4.69, 9.17) is 0 Å². The number of amides is 1. The van der Waals surface area contributed by atoms with Gasteiger partial charge in [0.2, 0.25) is 5.91 Å². The summed E-state index contributed by atoms with van der Waals surface area (Å²) in [4.78, 5) is 20.9. The summed E-state index contributed by atoms with van der Waals surface area (Å²) < 4.78 is 53.1. The van der Waals surface area contributed by atoms with E-state index in [1.54, 1.807) is 9.80 Å². The summed E-state index contributed by atoms with van der Waals surface area (Å²) in [6.07, 6.45) is -2.63. The molecule has 1 aliphatic heterocycles. The Morgan fingerprint density at radius 1 is 1.27 bits per heavy atom. The van der Waals surface area contributed by atoms with Crippen LogP contribution in [-0.2, 0) is 11.0 Å². The molecule has 0 saturated carbocycles. The van der Waals surface area contributed by atoms with Crippen LogP contribution in [0.4, 0.5) is 29.1 Å². The highest BCUT2D eigenvalue weighted by Gasteiger charge is 2.37. The zero-order chi connectivity index (χ0) is 21.9. The number of hydrogen-bond acceptors (Lipinski definition) is 3. The van der Waals surface area contributed by atoms with E-state index in [1.165, 1.54) is 31.2 Å². The molecule has 0 unspecified atom stereocenters. The van der Waals surface area contributed by atoms with Gasteiger partial charge in [0.1, 0.15) is 17.7 Å². The second-order valence-corrected chi connectivity index (χ2v) is 8.01. The van der Waals surface area contributed by atoms with Crippen LogP contribution in [0.5, 0.6) is 0 Å². The summed E-state index contributed by atoms with van der Waals surface area (Å²) in [6, 6.07) is 7.01. The molecule has 162 valence electrons. The third-order valence-electron chi connectivity index (χ3n) is 5.02. The van der Waals surface area contributed by atoms with Gasteiger partial charge in [-0.25, -0.2) is 9.37 Å². The summed E-state index contributed by atoms with van der Waals surface area (Å²) in [7, 11) is 0. The van der Waals surface area contributed by atoms with Crippen LogP contribution in [-0.4, -0.2) is 35.4 Å². The lowest BCUT2D eigenvalue weighted by atomic mass is 10.1. The minimum absolute atomic E-state index is 0.151. The number of alkyl halides is 4. The molecule has 1 aromatic carbocycles. The number of rotatable bonds is 6. The largest absolute Gasteiger partial charge is 0.416 e. The lowest BCUT2D eigenvalue weighted by Gasteiger charge is -2.31. The topological polar surface area (TPSA) is 36.4 Å². The first kappa shape index (κ1) is 22.5. The Kier molecular flexibility index (Phi) is 7.00. The summed E-state index contributed by atoms with van der Waals surface area (Å²) in [5.74, 6) is -0.479. The Labute approximate surface area is 181 Å². The van der Waals surface area contributed by atoms with Gasteiger partial charge in [0.15, 0.2) is 0 Å². The molecule has 0 radical (unpaired) electrons. The van der Waals surface area contributed by atoms with Crippen LogP contribution in [0.2, 0.25) is 0 Å². The number of benzene rings is 1. The van der Waals surface area contributed by atoms with Crippen LogP contribution in [0.3, 0.4) is 0 Å². The molecule has 0 aliphatic carbocycles. The fourth-order valence-corrected chi connectivity index (χ4v) is 3.90. The zero-order valence-electron chi connectivity index (χ0n) is 16.4. The highest BCUT2D eigenvalue weighted by molar-refractivity contribution is 9.09. The highest BCUT2D eigenvalue weighted by atomic mass is 79.9. The Bertz CT molecular complexity index is 889. The van der Waals surface area contributed by atoms with Gasteiger partial charge in [0, 0.05) is 29.8 Å². The van der Waals surface area contributed by atoms with Gasteiger partial charge in [-0.1, -0.05) is 15.9 Å². The highest BCUT2D eigenvalue weighted by Crippen LogP contribution is 2.34. The SMILES string of the molecule is Cc1cc(C(F)(F)F)cc(N2CCC[C@H]2C(=O)N(CCCBr)c2ccc(F)cc2)n1. The van der Waals surface area contributed by atoms with Crippen molar-refractivity contribution >= 4 is 33.3 Å². The molecule has 0 spiro atoms. The van der Waals surface area contributed by atoms with Crippen molar-refractivity contribution in [2.75, 3.05) is 28.2 Å². The average molecular weight is 488 g/mol. The van der Waals surface area contributed by atoms with E-state index >= 15 is 0 Å². The van der Waals surface area contributed by atoms with Crippen LogP contribution < -0.4 is 9.80 Å². The molecule has 1 amide bonds. The summed E-state index contributed by atoms with van der Waals surface area (Å²) >= 11 is 3.35. The lowest BCUT2D eigenvalue weighted by molar-refractivity contribution is -0.137. The molecular formula is C21H22BrF4N3O. The number of carbonyl (C=O) groups is 1. The number of halogens is 5. The lowest BCUT2D eigenvalue weighted by Crippen LogP contribution is -2.47. The summed E-state index contributed by atoms with van der Waals surface area (Å²) in [5, 5.41) is 0.681. The number of nitrogens with zero attached hydrogens (tertiary/aromatic N) is 3. The molecule has 1 atom stereocenters. The Morgan fingerprint density at radius 3 is 2.60 bits per heavy atom. The first-order valence-corrected chi connectivity index (χ1v) is 10.8. The third-order valence-corrected chi connectivity index (χ3v) is 5.58. The van der Waals surface area contributed by atoms with Crippen LogP contribution in [0.1, 0.15) is 30.5 Å². The van der Waals surface area contributed by atoms with E-state index in [0.29, 0.717) is 43.4 Å². The molecule has 9 heteroatoms. The van der Waals surface area contributed by atoms with E-state index in [-0.39, 0.29) is 17.4 Å². The van der Waals surface area contributed by atoms with E-state index < -0.39 is 23.6 Å². The van der Waals surface area contributed by atoms with E-state index in [2.05, 4.69) is 20.9 Å². The molecule has 30 heavy (non-hydrogen) atoms. The first-order chi connectivity index (χ1) is 14.2. The number of anilines is 2. The van der Waals surface area contributed by atoms with Crippen molar-refractivity contribution < 1.29 is 22.4 Å². The Balaban J connectivity index is 1.92. The predicted molar refractivity (Wildman–Crippen MR) is 112 cm³/mol. The van der Waals surface area contributed by atoms with Crippen molar-refractivity contribution in [1.29, 1.82) is 0 Å². The van der Waals surface area contributed by atoms with Gasteiger partial charge in [0.25, 0.3) is 0 Å². The fraction of sp³-hybridized carbons (Fsp3) is 0.429. The van der Waals surface area contributed by atoms with Gasteiger partial charge in [-0.05, 0) is 62.6 Å². The maximum absolute atomic E-state index is 13.4. The molecule has 2 aromatic rings. The van der Waals surface area contributed by atoms with Crippen LogP contribution in [0.15, 0.2) is 36.4 Å². The quantitative estimate of drug-likeness (QED) is 0.407. The van der Waals surface area contributed by atoms with E-state index in [9.17, 15) is 22.4 Å². The molecule has 1 aromatic heterocycles. The van der Waals surface area contributed by atoms with Gasteiger partial charge in [0.05, 0.1) is 5.56 Å². The number of hydrogen-bond donors (Lipinski definition) is 0. The van der Waals surface area contributed by atoms with Gasteiger partial charge in [-0.15, -0.1) is 0 Å². The van der Waals surface area contributed by atoms with Crippen molar-refractivity contribution in [2.45, 2.75) is 38.4 Å². The third kappa shape index (κ3) is 5.11. The van der Waals surface area contributed by atoms with Gasteiger partial charge < -0.3 is 9.80 Å². The van der Waals surface area contributed by atoms with Crippen molar-refractivity contribution in [3.8, 4) is 0 Å². The number of aromatic nitrogens is 1. The molecule has 4 nitrogen and oxygen atoms in total. The van der Waals surface area contributed by atoms with Gasteiger partial charge >= 0.3 is 6.18 Å². The minimum Gasteiger partial charge on any atom is -0.345 e. The molecule has 0 bridgehead atoms. The van der Waals surface area contributed by atoms with E-state index in [1.807, 2.05) is 0 Å². The van der Waals surface area contributed by atoms with Gasteiger partial charge in [-0.3, -0.25) is 4.79 Å². The predicted octanol–water partition coefficient (Wildman–Crippen LogP) is 5.33. The molecular weight excluding hydrogens is 466 g/mol. The van der Waals surface area contributed by atoms with E-state index in [0.717, 1.165) is 12.1 Å². The van der Waals surface area contributed by atoms with Crippen molar-refractivity contribution in [3.63, 3.8) is 0 Å². The fourth-order valence-electron chi connectivity index (χ4n) is 3.64. The molecule has 1 saturated heterocycles. The maximum atomic E-state index is 13.4. The van der Waals surface area contributed by atoms with Crippen molar-refractivity contribution in [3.05, 3.63) is 53.5 Å². The molecule has 3 rings (SSSR count). The van der Waals surface area contributed by atoms with Crippen LogP contribution >= 0.6 is 15.9 Å². The standard InChI is InChI=1S/C21H22BrF4N3O/c1-14-12-15(21(24,25)26)13-19(27-14)29-10-2-4-18(29)20(30)28(11-3-9-22)17-7-5-16(23)6-8-17/h5-8,12-13,18H,2-4,9-11H2,1H3/t18-/m0/s1. The number of carbonyl (C=O) groups excluding carboxylic acids is 1. The minimum atomic E-state index is -4.49. The maximum Gasteiger partial charge on any atom is 0.416 e. The summed E-state index contributed by atoms with van der Waals surface area (Å²) in [6.45, 7) is 2.36. The molecule has 2 heterocycles. The normalized spacial score (nSPS) is 16.7. The average Bonchev–Trinajstić information content (AvgIpc) is 3.18. The van der Waals surface area contributed by atoms with Crippen molar-refractivity contribution in [2.24, 2.45) is 0 Å². The number of aryl methyl sites for hydroxylation is 1. The Morgan fingerprint density at radius 2 is 1.97 bits per heavy atom. The Hall–Kier alpha value is -2.16. The molecule has 1 fully saturated rings. The zero-order valence-corrected chi connectivity index (χ0v) is 18.0.